The predicted octanol–water partition coefficient (Wildman–Crippen LogP) is 3.61. The van der Waals surface area contributed by atoms with Crippen LogP contribution in [0.3, 0.4) is 0 Å². The molecule has 23 heavy (non-hydrogen) atoms. The molecule has 3 rings (SSSR count). The first-order valence-electron chi connectivity index (χ1n) is 7.38. The molecule has 0 spiro atoms. The van der Waals surface area contributed by atoms with Crippen LogP contribution in [0.15, 0.2) is 67.1 Å². The molecule has 0 atom stereocenters. The van der Waals surface area contributed by atoms with E-state index in [2.05, 4.69) is 38.8 Å². The largest absolute Gasteiger partial charge is 0.378 e. The summed E-state index contributed by atoms with van der Waals surface area (Å²) in [6.45, 7) is 0. The smallest absolute Gasteiger partial charge is 0.0885 e. The Bertz CT molecular complexity index is 824. The first-order valence-corrected chi connectivity index (χ1v) is 7.38. The molecule has 0 aliphatic carbocycles. The second-order valence-corrected chi connectivity index (χ2v) is 5.36. The van der Waals surface area contributed by atoms with E-state index >= 15 is 0 Å². The fourth-order valence-electron chi connectivity index (χ4n) is 2.16. The van der Waals surface area contributed by atoms with E-state index in [1.54, 1.807) is 18.6 Å². The molecule has 0 fully saturated rings. The fraction of sp³-hybridized carbons (Fsp3) is 0.100. The Morgan fingerprint density at radius 2 is 1.39 bits per heavy atom. The minimum absolute atomic E-state index is 0.867. The number of benzene rings is 2. The second kappa shape index (κ2) is 6.76. The Morgan fingerprint density at radius 3 is 1.91 bits per heavy atom. The SMILES string of the molecule is CN(C)c1ccc(C#Cc2ccc(-c3cnccn3)cc2)cc1. The molecule has 0 saturated carbocycles. The molecule has 0 amide bonds. The highest BCUT2D eigenvalue weighted by Crippen LogP contribution is 2.16. The maximum atomic E-state index is 4.29. The summed E-state index contributed by atoms with van der Waals surface area (Å²) in [6.07, 6.45) is 5.12. The van der Waals surface area contributed by atoms with Crippen molar-refractivity contribution >= 4 is 5.69 Å². The number of nitrogens with zero attached hydrogens (tertiary/aromatic N) is 3. The minimum Gasteiger partial charge on any atom is -0.378 e. The molecule has 0 aliphatic rings. The van der Waals surface area contributed by atoms with Crippen molar-refractivity contribution in [3.8, 4) is 23.1 Å². The van der Waals surface area contributed by atoms with Crippen molar-refractivity contribution in [1.82, 2.24) is 9.97 Å². The van der Waals surface area contributed by atoms with Crippen LogP contribution in [-0.2, 0) is 0 Å². The van der Waals surface area contributed by atoms with Gasteiger partial charge in [0.15, 0.2) is 0 Å². The number of anilines is 1. The normalized spacial score (nSPS) is 9.83. The van der Waals surface area contributed by atoms with Gasteiger partial charge in [0.25, 0.3) is 0 Å². The molecule has 3 aromatic rings. The molecular formula is C20H17N3. The van der Waals surface area contributed by atoms with Crippen LogP contribution in [0.1, 0.15) is 11.1 Å². The van der Waals surface area contributed by atoms with Gasteiger partial charge in [0, 0.05) is 48.9 Å². The van der Waals surface area contributed by atoms with E-state index in [9.17, 15) is 0 Å². The molecule has 0 aliphatic heterocycles. The van der Waals surface area contributed by atoms with E-state index in [-0.39, 0.29) is 0 Å². The topological polar surface area (TPSA) is 29.0 Å². The summed E-state index contributed by atoms with van der Waals surface area (Å²) >= 11 is 0. The third-order valence-corrected chi connectivity index (χ3v) is 3.48. The van der Waals surface area contributed by atoms with Crippen LogP contribution in [-0.4, -0.2) is 24.1 Å². The molecule has 1 aromatic heterocycles. The second-order valence-electron chi connectivity index (χ2n) is 5.36. The lowest BCUT2D eigenvalue weighted by Crippen LogP contribution is -2.07. The lowest BCUT2D eigenvalue weighted by molar-refractivity contribution is 1.13. The zero-order valence-electron chi connectivity index (χ0n) is 13.2. The number of hydrogen-bond donors (Lipinski definition) is 0. The Hall–Kier alpha value is -3.12. The van der Waals surface area contributed by atoms with Gasteiger partial charge < -0.3 is 4.90 Å². The van der Waals surface area contributed by atoms with Gasteiger partial charge in [0.2, 0.25) is 0 Å². The number of hydrogen-bond acceptors (Lipinski definition) is 3. The molecular weight excluding hydrogens is 282 g/mol. The summed E-state index contributed by atoms with van der Waals surface area (Å²) in [5.74, 6) is 6.38. The van der Waals surface area contributed by atoms with E-state index in [0.29, 0.717) is 0 Å². The van der Waals surface area contributed by atoms with E-state index in [0.717, 1.165) is 22.4 Å². The first kappa shape index (κ1) is 14.8. The van der Waals surface area contributed by atoms with Crippen molar-refractivity contribution in [2.45, 2.75) is 0 Å². The highest BCUT2D eigenvalue weighted by molar-refractivity contribution is 5.59. The molecule has 2 aromatic carbocycles. The van der Waals surface area contributed by atoms with Crippen LogP contribution in [0.2, 0.25) is 0 Å². The van der Waals surface area contributed by atoms with E-state index < -0.39 is 0 Å². The van der Waals surface area contributed by atoms with Crippen molar-refractivity contribution in [2.75, 3.05) is 19.0 Å². The van der Waals surface area contributed by atoms with Gasteiger partial charge >= 0.3 is 0 Å². The van der Waals surface area contributed by atoms with Crippen LogP contribution in [0.5, 0.6) is 0 Å². The third kappa shape index (κ3) is 3.75. The summed E-state index contributed by atoms with van der Waals surface area (Å²) < 4.78 is 0. The molecule has 3 nitrogen and oxygen atoms in total. The molecule has 1 heterocycles. The Labute approximate surface area is 136 Å². The zero-order valence-corrected chi connectivity index (χ0v) is 13.2. The van der Waals surface area contributed by atoms with Crippen molar-refractivity contribution < 1.29 is 0 Å². The van der Waals surface area contributed by atoms with Crippen molar-refractivity contribution in [1.29, 1.82) is 0 Å². The minimum atomic E-state index is 0.867. The summed E-state index contributed by atoms with van der Waals surface area (Å²) in [5, 5.41) is 0. The van der Waals surface area contributed by atoms with Gasteiger partial charge in [-0.15, -0.1) is 0 Å². The third-order valence-electron chi connectivity index (χ3n) is 3.48. The van der Waals surface area contributed by atoms with Gasteiger partial charge in [0.1, 0.15) is 0 Å². The fourth-order valence-corrected chi connectivity index (χ4v) is 2.16. The predicted molar refractivity (Wildman–Crippen MR) is 94.2 cm³/mol. The lowest BCUT2D eigenvalue weighted by Gasteiger charge is -2.11. The summed E-state index contributed by atoms with van der Waals surface area (Å²) in [6, 6.07) is 16.3. The van der Waals surface area contributed by atoms with Gasteiger partial charge in [-0.2, -0.15) is 0 Å². The van der Waals surface area contributed by atoms with Gasteiger partial charge in [-0.25, -0.2) is 0 Å². The number of rotatable bonds is 2. The van der Waals surface area contributed by atoms with Gasteiger partial charge in [0.05, 0.1) is 11.9 Å². The average Bonchev–Trinajstić information content (AvgIpc) is 2.61. The highest BCUT2D eigenvalue weighted by atomic mass is 15.1. The molecule has 112 valence electrons. The van der Waals surface area contributed by atoms with Gasteiger partial charge in [-0.05, 0) is 36.4 Å². The van der Waals surface area contributed by atoms with Crippen LogP contribution in [0, 0.1) is 11.8 Å². The first-order chi connectivity index (χ1) is 11.2. The summed E-state index contributed by atoms with van der Waals surface area (Å²) in [4.78, 5) is 10.4. The van der Waals surface area contributed by atoms with Crippen molar-refractivity contribution in [3.05, 3.63) is 78.2 Å². The van der Waals surface area contributed by atoms with Gasteiger partial charge in [-0.1, -0.05) is 24.0 Å². The maximum absolute atomic E-state index is 4.29. The molecule has 0 N–H and O–H groups in total. The van der Waals surface area contributed by atoms with E-state index in [1.807, 2.05) is 50.5 Å². The standard InChI is InChI=1S/C20H17N3/c1-23(2)19-11-7-17(8-12-19)4-3-16-5-9-18(10-6-16)20-15-21-13-14-22-20/h5-15H,1-2H3. The van der Waals surface area contributed by atoms with Crippen LogP contribution < -0.4 is 4.90 Å². The quantitative estimate of drug-likeness (QED) is 0.677. The monoisotopic (exact) mass is 299 g/mol. The van der Waals surface area contributed by atoms with Crippen LogP contribution in [0.25, 0.3) is 11.3 Å². The van der Waals surface area contributed by atoms with Crippen molar-refractivity contribution in [2.24, 2.45) is 0 Å². The van der Waals surface area contributed by atoms with Crippen LogP contribution >= 0.6 is 0 Å². The zero-order chi connectivity index (χ0) is 16.1. The van der Waals surface area contributed by atoms with Crippen molar-refractivity contribution in [3.63, 3.8) is 0 Å². The molecule has 0 unspecified atom stereocenters. The van der Waals surface area contributed by atoms with E-state index in [4.69, 9.17) is 0 Å². The lowest BCUT2D eigenvalue weighted by atomic mass is 10.1. The Balaban J connectivity index is 1.76. The molecule has 0 bridgehead atoms. The Kier molecular flexibility index (Phi) is 4.35. The number of aromatic nitrogens is 2. The summed E-state index contributed by atoms with van der Waals surface area (Å²) in [7, 11) is 4.05. The molecule has 3 heteroatoms. The highest BCUT2D eigenvalue weighted by Gasteiger charge is 1.98. The van der Waals surface area contributed by atoms with Crippen LogP contribution in [0.4, 0.5) is 5.69 Å². The maximum Gasteiger partial charge on any atom is 0.0885 e. The van der Waals surface area contributed by atoms with Gasteiger partial charge in [-0.3, -0.25) is 9.97 Å². The summed E-state index contributed by atoms with van der Waals surface area (Å²) in [5.41, 5.74) is 5.07. The van der Waals surface area contributed by atoms with E-state index in [1.165, 1.54) is 5.69 Å². The average molecular weight is 299 g/mol. The Morgan fingerprint density at radius 1 is 0.783 bits per heavy atom. The molecule has 0 radical (unpaired) electrons. The molecule has 0 saturated heterocycles.